The van der Waals surface area contributed by atoms with Crippen molar-refractivity contribution in [2.24, 2.45) is 5.73 Å². The Morgan fingerprint density at radius 2 is 1.63 bits per heavy atom. The molecule has 0 saturated carbocycles. The molecular formula is C14H15NO3S. The number of rotatable bonds is 3. The fourth-order valence-corrected chi connectivity index (χ4v) is 3.11. The lowest BCUT2D eigenvalue weighted by molar-refractivity contribution is 0.459. The molecule has 2 aromatic rings. The van der Waals surface area contributed by atoms with E-state index in [2.05, 4.69) is 0 Å². The van der Waals surface area contributed by atoms with Crippen LogP contribution in [0.2, 0.25) is 0 Å². The molecule has 4 nitrogen and oxygen atoms in total. The van der Waals surface area contributed by atoms with E-state index in [1.165, 1.54) is 24.3 Å². The first kappa shape index (κ1) is 13.6. The van der Waals surface area contributed by atoms with Crippen LogP contribution in [0.4, 0.5) is 0 Å². The minimum absolute atomic E-state index is 0.0939. The topological polar surface area (TPSA) is 80.4 Å². The molecule has 0 aliphatic rings. The Morgan fingerprint density at radius 3 is 2.16 bits per heavy atom. The summed E-state index contributed by atoms with van der Waals surface area (Å²) in [5.74, 6) is -0.251. The standard InChI is InChI=1S/C14H15NO3S/c1-10(15)11-6-8-12(9-7-11)19(17,18)14-5-3-2-4-13(14)16/h2-10,16H,15H2,1H3/t10-/m1/s1. The molecular weight excluding hydrogens is 262 g/mol. The van der Waals surface area contributed by atoms with Gasteiger partial charge in [-0.2, -0.15) is 0 Å². The second kappa shape index (κ2) is 5.03. The van der Waals surface area contributed by atoms with Crippen molar-refractivity contribution in [2.45, 2.75) is 22.8 Å². The van der Waals surface area contributed by atoms with Gasteiger partial charge in [-0.25, -0.2) is 8.42 Å². The summed E-state index contributed by atoms with van der Waals surface area (Å²) in [6.07, 6.45) is 0. The van der Waals surface area contributed by atoms with E-state index in [0.717, 1.165) is 5.56 Å². The molecule has 0 bridgehead atoms. The van der Waals surface area contributed by atoms with Gasteiger partial charge >= 0.3 is 0 Å². The molecule has 0 aliphatic heterocycles. The summed E-state index contributed by atoms with van der Waals surface area (Å²) in [6.45, 7) is 1.83. The van der Waals surface area contributed by atoms with Crippen LogP contribution in [-0.4, -0.2) is 13.5 Å². The Morgan fingerprint density at radius 1 is 1.05 bits per heavy atom. The van der Waals surface area contributed by atoms with Crippen molar-refractivity contribution in [3.05, 3.63) is 54.1 Å². The molecule has 3 N–H and O–H groups in total. The quantitative estimate of drug-likeness (QED) is 0.901. The number of nitrogens with two attached hydrogens (primary N) is 1. The fraction of sp³-hybridized carbons (Fsp3) is 0.143. The first-order valence-corrected chi connectivity index (χ1v) is 7.30. The number of phenolic OH excluding ortho intramolecular Hbond substituents is 1. The van der Waals surface area contributed by atoms with Crippen LogP contribution in [0.1, 0.15) is 18.5 Å². The predicted molar refractivity (Wildman–Crippen MR) is 72.6 cm³/mol. The predicted octanol–water partition coefficient (Wildman–Crippen LogP) is 2.24. The summed E-state index contributed by atoms with van der Waals surface area (Å²) in [4.78, 5) is 0.0435. The highest BCUT2D eigenvalue weighted by molar-refractivity contribution is 7.91. The van der Waals surface area contributed by atoms with Crippen LogP contribution in [0, 0.1) is 0 Å². The molecule has 5 heteroatoms. The Bertz CT molecular complexity index is 676. The number of sulfone groups is 1. The second-order valence-corrected chi connectivity index (χ2v) is 6.25. The third-order valence-electron chi connectivity index (χ3n) is 2.87. The average Bonchev–Trinajstić information content (AvgIpc) is 2.39. The maximum atomic E-state index is 12.3. The van der Waals surface area contributed by atoms with Gasteiger partial charge in [0.1, 0.15) is 10.6 Å². The smallest absolute Gasteiger partial charge is 0.210 e. The van der Waals surface area contributed by atoms with Gasteiger partial charge in [-0.1, -0.05) is 24.3 Å². The number of phenols is 1. The van der Waals surface area contributed by atoms with Gasteiger partial charge < -0.3 is 10.8 Å². The van der Waals surface area contributed by atoms with Gasteiger partial charge in [-0.3, -0.25) is 0 Å². The molecule has 0 spiro atoms. The minimum Gasteiger partial charge on any atom is -0.507 e. The molecule has 0 aliphatic carbocycles. The van der Waals surface area contributed by atoms with Crippen LogP contribution in [0.5, 0.6) is 5.75 Å². The summed E-state index contributed by atoms with van der Waals surface area (Å²) < 4.78 is 24.7. The third-order valence-corrected chi connectivity index (χ3v) is 4.69. The number of hydrogen-bond donors (Lipinski definition) is 2. The van der Waals surface area contributed by atoms with Gasteiger partial charge in [-0.05, 0) is 36.8 Å². The zero-order valence-electron chi connectivity index (χ0n) is 10.4. The van der Waals surface area contributed by atoms with E-state index in [4.69, 9.17) is 5.73 Å². The van der Waals surface area contributed by atoms with Crippen molar-refractivity contribution < 1.29 is 13.5 Å². The Balaban J connectivity index is 2.49. The molecule has 0 heterocycles. The normalized spacial score (nSPS) is 13.2. The second-order valence-electron chi connectivity index (χ2n) is 4.33. The molecule has 100 valence electrons. The van der Waals surface area contributed by atoms with Crippen molar-refractivity contribution in [3.63, 3.8) is 0 Å². The van der Waals surface area contributed by atoms with Crippen molar-refractivity contribution in [3.8, 4) is 5.75 Å². The molecule has 2 rings (SSSR count). The largest absolute Gasteiger partial charge is 0.507 e. The van der Waals surface area contributed by atoms with Crippen molar-refractivity contribution in [1.29, 1.82) is 0 Å². The van der Waals surface area contributed by atoms with Gasteiger partial charge in [0.15, 0.2) is 0 Å². The molecule has 0 fully saturated rings. The molecule has 0 saturated heterocycles. The molecule has 0 radical (unpaired) electrons. The van der Waals surface area contributed by atoms with E-state index in [1.54, 1.807) is 24.3 Å². The van der Waals surface area contributed by atoms with Crippen LogP contribution in [-0.2, 0) is 9.84 Å². The zero-order valence-corrected chi connectivity index (χ0v) is 11.3. The van der Waals surface area contributed by atoms with Gasteiger partial charge in [-0.15, -0.1) is 0 Å². The maximum absolute atomic E-state index is 12.3. The van der Waals surface area contributed by atoms with E-state index in [0.29, 0.717) is 0 Å². The Kier molecular flexibility index (Phi) is 3.59. The molecule has 2 aromatic carbocycles. The van der Waals surface area contributed by atoms with Crippen LogP contribution >= 0.6 is 0 Å². The number of benzene rings is 2. The van der Waals surface area contributed by atoms with Crippen molar-refractivity contribution >= 4 is 9.84 Å². The number of aromatic hydroxyl groups is 1. The van der Waals surface area contributed by atoms with Crippen molar-refractivity contribution in [2.75, 3.05) is 0 Å². The zero-order chi connectivity index (χ0) is 14.0. The van der Waals surface area contributed by atoms with Crippen molar-refractivity contribution in [1.82, 2.24) is 0 Å². The lowest BCUT2D eigenvalue weighted by atomic mass is 10.1. The SMILES string of the molecule is C[C@@H](N)c1ccc(S(=O)(=O)c2ccccc2O)cc1. The monoisotopic (exact) mass is 277 g/mol. The van der Waals surface area contributed by atoms with E-state index in [9.17, 15) is 13.5 Å². The van der Waals surface area contributed by atoms with E-state index in [1.807, 2.05) is 6.92 Å². The third kappa shape index (κ3) is 2.62. The first-order chi connectivity index (χ1) is 8.93. The summed E-state index contributed by atoms with van der Waals surface area (Å²) in [7, 11) is -3.70. The molecule has 0 amide bonds. The summed E-state index contributed by atoms with van der Waals surface area (Å²) in [6, 6.07) is 12.1. The average molecular weight is 277 g/mol. The van der Waals surface area contributed by atoms with Gasteiger partial charge in [0.25, 0.3) is 0 Å². The lowest BCUT2D eigenvalue weighted by Gasteiger charge is -2.09. The highest BCUT2D eigenvalue weighted by Gasteiger charge is 2.20. The summed E-state index contributed by atoms with van der Waals surface area (Å²) in [5.41, 5.74) is 6.58. The number of para-hydroxylation sites is 1. The summed E-state index contributed by atoms with van der Waals surface area (Å²) >= 11 is 0. The van der Waals surface area contributed by atoms with E-state index in [-0.39, 0.29) is 21.6 Å². The minimum atomic E-state index is -3.70. The van der Waals surface area contributed by atoms with Crippen LogP contribution in [0.25, 0.3) is 0 Å². The highest BCUT2D eigenvalue weighted by Crippen LogP contribution is 2.28. The van der Waals surface area contributed by atoms with Gasteiger partial charge in [0.2, 0.25) is 9.84 Å². The molecule has 0 unspecified atom stereocenters. The highest BCUT2D eigenvalue weighted by atomic mass is 32.2. The van der Waals surface area contributed by atoms with Crippen LogP contribution in [0.3, 0.4) is 0 Å². The number of hydrogen-bond acceptors (Lipinski definition) is 4. The maximum Gasteiger partial charge on any atom is 0.210 e. The molecule has 19 heavy (non-hydrogen) atoms. The molecule has 0 aromatic heterocycles. The van der Waals surface area contributed by atoms with Gasteiger partial charge in [0, 0.05) is 6.04 Å². The Labute approximate surface area is 112 Å². The summed E-state index contributed by atoms with van der Waals surface area (Å²) in [5, 5.41) is 9.65. The Hall–Kier alpha value is -1.85. The molecule has 1 atom stereocenters. The fourth-order valence-electron chi connectivity index (χ4n) is 1.76. The van der Waals surface area contributed by atoms with Crippen LogP contribution < -0.4 is 5.73 Å². The van der Waals surface area contributed by atoms with Crippen LogP contribution in [0.15, 0.2) is 58.3 Å². The first-order valence-electron chi connectivity index (χ1n) is 5.81. The lowest BCUT2D eigenvalue weighted by Crippen LogP contribution is -2.06. The van der Waals surface area contributed by atoms with E-state index < -0.39 is 9.84 Å². The van der Waals surface area contributed by atoms with E-state index >= 15 is 0 Å². The van der Waals surface area contributed by atoms with Gasteiger partial charge in [0.05, 0.1) is 4.90 Å².